The Morgan fingerprint density at radius 3 is 2.47 bits per heavy atom. The zero-order valence-electron chi connectivity index (χ0n) is 30.8. The molecule has 4 aromatic rings. The molecule has 2 aliphatic rings. The maximum Gasteiger partial charge on any atom is 0.142 e. The highest BCUT2D eigenvalue weighted by Crippen LogP contribution is 2.36. The number of rotatable bonds is 17. The summed E-state index contributed by atoms with van der Waals surface area (Å²) in [6.45, 7) is 13.8. The zero-order chi connectivity index (χ0) is 37.0. The molecule has 3 aromatic carbocycles. The van der Waals surface area contributed by atoms with Gasteiger partial charge in [0.15, 0.2) is 0 Å². The second-order valence-electron chi connectivity index (χ2n) is 13.8. The molecule has 0 unspecified atom stereocenters. The van der Waals surface area contributed by atoms with E-state index in [1.165, 1.54) is 6.20 Å². The van der Waals surface area contributed by atoms with E-state index in [0.717, 1.165) is 117 Å². The third-order valence-electron chi connectivity index (χ3n) is 9.98. The number of likely N-dealkylation sites (tertiary alicyclic amines) is 1. The first-order valence-corrected chi connectivity index (χ1v) is 18.9. The van der Waals surface area contributed by atoms with E-state index in [4.69, 9.17) is 30.5 Å². The zero-order valence-corrected chi connectivity index (χ0v) is 31.5. The Morgan fingerprint density at radius 2 is 1.68 bits per heavy atom. The molecule has 2 aliphatic heterocycles. The fraction of sp³-hybridized carbons (Fsp3) is 0.429. The van der Waals surface area contributed by atoms with E-state index in [9.17, 15) is 10.4 Å². The third kappa shape index (κ3) is 10.7. The molecule has 2 saturated heterocycles. The Labute approximate surface area is 318 Å². The minimum absolute atomic E-state index is 0.199. The van der Waals surface area contributed by atoms with Gasteiger partial charge in [0.2, 0.25) is 0 Å². The Morgan fingerprint density at radius 1 is 0.887 bits per heavy atom. The lowest BCUT2D eigenvalue weighted by atomic mass is 9.93. The molecule has 10 nitrogen and oxygen atoms in total. The second kappa shape index (κ2) is 19.2. The molecule has 0 radical (unpaired) electrons. The predicted molar refractivity (Wildman–Crippen MR) is 207 cm³/mol. The highest BCUT2D eigenvalue weighted by Gasteiger charge is 2.20. The van der Waals surface area contributed by atoms with E-state index in [1.54, 1.807) is 12.3 Å². The van der Waals surface area contributed by atoms with E-state index >= 15 is 0 Å². The van der Waals surface area contributed by atoms with E-state index in [1.807, 2.05) is 24.3 Å². The largest absolute Gasteiger partial charge is 0.493 e. The van der Waals surface area contributed by atoms with Crippen LogP contribution in [0.3, 0.4) is 0 Å². The van der Waals surface area contributed by atoms with Crippen molar-refractivity contribution in [2.75, 3.05) is 65.6 Å². The van der Waals surface area contributed by atoms with Gasteiger partial charge in [0, 0.05) is 81.9 Å². The summed E-state index contributed by atoms with van der Waals surface area (Å²) >= 11 is 6.86. The standard InChI is InChI=1S/C42H50ClN5O5/c1-30-34(6-3-7-37(30)38-8-4-9-40(31(38)2)51-17-5-12-48-13-10-36(49)27-48)29-53-42-22-41(52-28-33-20-32(23-44)24-46-25-33)35(21-39(42)43)26-45-11-14-47-15-18-50-19-16-47/h3-4,6-9,20-22,24-25,36,45,49H,5,10-19,26-29H2,1-2H3/t36-/m1/s1. The van der Waals surface area contributed by atoms with Crippen LogP contribution in [0.25, 0.3) is 11.1 Å². The van der Waals surface area contributed by atoms with Gasteiger partial charge < -0.3 is 34.3 Å². The van der Waals surface area contributed by atoms with Crippen LogP contribution in [0.1, 0.15) is 46.2 Å². The Kier molecular flexibility index (Phi) is 14.0. The summed E-state index contributed by atoms with van der Waals surface area (Å²) in [6, 6.07) is 20.2. The van der Waals surface area contributed by atoms with Gasteiger partial charge in [0.05, 0.1) is 36.5 Å². The quantitative estimate of drug-likeness (QED) is 0.120. The van der Waals surface area contributed by atoms with Gasteiger partial charge in [0.25, 0.3) is 0 Å². The fourth-order valence-electron chi connectivity index (χ4n) is 6.87. The summed E-state index contributed by atoms with van der Waals surface area (Å²) in [6.07, 6.45) is 4.81. The van der Waals surface area contributed by atoms with Crippen LogP contribution in [0, 0.1) is 25.2 Å². The van der Waals surface area contributed by atoms with Crippen LogP contribution < -0.4 is 19.5 Å². The first kappa shape index (κ1) is 38.5. The maximum absolute atomic E-state index is 9.80. The number of aliphatic hydroxyl groups excluding tert-OH is 1. The van der Waals surface area contributed by atoms with E-state index in [-0.39, 0.29) is 12.7 Å². The average Bonchev–Trinajstić information content (AvgIpc) is 3.60. The van der Waals surface area contributed by atoms with Gasteiger partial charge in [0.1, 0.15) is 36.5 Å². The first-order valence-electron chi connectivity index (χ1n) is 18.5. The van der Waals surface area contributed by atoms with Crippen LogP contribution in [0.5, 0.6) is 17.2 Å². The van der Waals surface area contributed by atoms with Gasteiger partial charge in [-0.25, -0.2) is 0 Å². The topological polar surface area (TPSA) is 112 Å². The van der Waals surface area contributed by atoms with Gasteiger partial charge in [-0.3, -0.25) is 9.88 Å². The monoisotopic (exact) mass is 739 g/mol. The summed E-state index contributed by atoms with van der Waals surface area (Å²) in [4.78, 5) is 8.87. The molecule has 0 spiro atoms. The number of hydrogen-bond acceptors (Lipinski definition) is 10. The number of morpholine rings is 1. The lowest BCUT2D eigenvalue weighted by molar-refractivity contribution is 0.0384. The maximum atomic E-state index is 9.80. The van der Waals surface area contributed by atoms with Crippen LogP contribution in [-0.2, 0) is 24.5 Å². The Hall–Kier alpha value is -4.21. The molecule has 11 heteroatoms. The number of halogens is 1. The van der Waals surface area contributed by atoms with Crippen molar-refractivity contribution in [3.63, 3.8) is 0 Å². The number of nitriles is 1. The van der Waals surface area contributed by atoms with E-state index in [0.29, 0.717) is 41.8 Å². The molecule has 0 saturated carbocycles. The molecule has 3 heterocycles. The van der Waals surface area contributed by atoms with Crippen molar-refractivity contribution in [1.29, 1.82) is 5.26 Å². The normalized spacial score (nSPS) is 16.4. The predicted octanol–water partition coefficient (Wildman–Crippen LogP) is 6.31. The molecule has 0 bridgehead atoms. The number of aromatic nitrogens is 1. The minimum atomic E-state index is -0.199. The van der Waals surface area contributed by atoms with Crippen molar-refractivity contribution in [3.05, 3.63) is 105 Å². The first-order chi connectivity index (χ1) is 25.9. The lowest BCUT2D eigenvalue weighted by Crippen LogP contribution is -2.40. The van der Waals surface area contributed by atoms with Crippen LogP contribution in [0.4, 0.5) is 0 Å². The summed E-state index contributed by atoms with van der Waals surface area (Å²) in [5, 5.41) is 23.2. The summed E-state index contributed by atoms with van der Waals surface area (Å²) in [7, 11) is 0. The molecule has 2 N–H and O–H groups in total. The van der Waals surface area contributed by atoms with Crippen molar-refractivity contribution >= 4 is 11.6 Å². The summed E-state index contributed by atoms with van der Waals surface area (Å²) in [5.74, 6) is 2.07. The van der Waals surface area contributed by atoms with Gasteiger partial charge in [-0.1, -0.05) is 41.9 Å². The smallest absolute Gasteiger partial charge is 0.142 e. The van der Waals surface area contributed by atoms with Crippen LogP contribution in [0.15, 0.2) is 67.0 Å². The van der Waals surface area contributed by atoms with Crippen molar-refractivity contribution in [3.8, 4) is 34.4 Å². The van der Waals surface area contributed by atoms with Gasteiger partial charge in [-0.15, -0.1) is 0 Å². The van der Waals surface area contributed by atoms with Gasteiger partial charge >= 0.3 is 0 Å². The van der Waals surface area contributed by atoms with Crippen LogP contribution >= 0.6 is 11.6 Å². The summed E-state index contributed by atoms with van der Waals surface area (Å²) < 4.78 is 24.4. The molecule has 53 heavy (non-hydrogen) atoms. The molecule has 1 aromatic heterocycles. The molecule has 0 aliphatic carbocycles. The highest BCUT2D eigenvalue weighted by molar-refractivity contribution is 6.32. The number of ether oxygens (including phenoxy) is 4. The Bertz CT molecular complexity index is 1860. The summed E-state index contributed by atoms with van der Waals surface area (Å²) in [5.41, 5.74) is 7.72. The van der Waals surface area contributed by atoms with Crippen LogP contribution in [0.2, 0.25) is 5.02 Å². The van der Waals surface area contributed by atoms with E-state index in [2.05, 4.69) is 64.3 Å². The molecular formula is C42H50ClN5O5. The number of benzene rings is 3. The highest BCUT2D eigenvalue weighted by atomic mass is 35.5. The van der Waals surface area contributed by atoms with Crippen LogP contribution in [-0.4, -0.2) is 91.6 Å². The molecule has 2 fully saturated rings. The molecule has 1 atom stereocenters. The second-order valence-corrected chi connectivity index (χ2v) is 14.2. The van der Waals surface area contributed by atoms with Gasteiger partial charge in [-0.05, 0) is 72.7 Å². The number of nitrogens with one attached hydrogen (secondary N) is 1. The molecule has 280 valence electrons. The van der Waals surface area contributed by atoms with Crippen molar-refractivity contribution < 1.29 is 24.1 Å². The fourth-order valence-corrected chi connectivity index (χ4v) is 7.11. The average molecular weight is 740 g/mol. The number of nitrogens with zero attached hydrogens (tertiary/aromatic N) is 4. The van der Waals surface area contributed by atoms with Crippen molar-refractivity contribution in [2.45, 2.75) is 52.6 Å². The number of β-amino-alcohol motifs (C(OH)–C–C–N with tert-alkyl or cyclic N) is 1. The molecule has 6 rings (SSSR count). The SMILES string of the molecule is Cc1c(COc2cc(OCc3cncc(C#N)c3)c(CNCCN3CCOCC3)cc2Cl)cccc1-c1cccc(OCCCN2CC[C@@H](O)C2)c1C. The Balaban J connectivity index is 1.13. The molecular weight excluding hydrogens is 690 g/mol. The number of aliphatic hydroxyl groups is 1. The van der Waals surface area contributed by atoms with Crippen molar-refractivity contribution in [2.24, 2.45) is 0 Å². The number of pyridine rings is 1. The number of hydrogen-bond donors (Lipinski definition) is 2. The molecule has 0 amide bonds. The minimum Gasteiger partial charge on any atom is -0.493 e. The van der Waals surface area contributed by atoms with E-state index < -0.39 is 0 Å². The third-order valence-corrected chi connectivity index (χ3v) is 10.3. The lowest BCUT2D eigenvalue weighted by Gasteiger charge is -2.26. The van der Waals surface area contributed by atoms with Crippen molar-refractivity contribution in [1.82, 2.24) is 20.1 Å². The van der Waals surface area contributed by atoms with Gasteiger partial charge in [-0.2, -0.15) is 5.26 Å².